The SMILES string of the molecule is CCCCC(C)C(Oc1ccc(PC(F)(F)F)cc1)C(=O)c1ccccc1. The van der Waals surface area contributed by atoms with E-state index in [0.717, 1.165) is 19.3 Å². The highest BCUT2D eigenvalue weighted by Crippen LogP contribution is 2.36. The summed E-state index contributed by atoms with van der Waals surface area (Å²) in [5.41, 5.74) is 0.570. The predicted octanol–water partition coefficient (Wildman–Crippen LogP) is 5.97. The zero-order valence-electron chi connectivity index (χ0n) is 15.4. The summed E-state index contributed by atoms with van der Waals surface area (Å²) in [5.74, 6) is -3.93. The van der Waals surface area contributed by atoms with E-state index in [1.54, 1.807) is 24.3 Å². The maximum Gasteiger partial charge on any atom is 0.406 e. The van der Waals surface area contributed by atoms with Gasteiger partial charge in [0.25, 0.3) is 0 Å². The Morgan fingerprint density at radius 1 is 1.07 bits per heavy atom. The second-order valence-corrected chi connectivity index (χ2v) is 7.93. The quantitative estimate of drug-likeness (QED) is 0.386. The molecule has 2 rings (SSSR count). The second kappa shape index (κ2) is 9.89. The van der Waals surface area contributed by atoms with Crippen LogP contribution in [0.2, 0.25) is 0 Å². The molecule has 2 nitrogen and oxygen atoms in total. The van der Waals surface area contributed by atoms with Crippen molar-refractivity contribution in [2.75, 3.05) is 0 Å². The molecule has 0 aliphatic rings. The first kappa shape index (κ1) is 21.4. The zero-order valence-corrected chi connectivity index (χ0v) is 16.4. The van der Waals surface area contributed by atoms with Gasteiger partial charge < -0.3 is 4.74 Å². The van der Waals surface area contributed by atoms with Gasteiger partial charge in [-0.25, -0.2) is 0 Å². The van der Waals surface area contributed by atoms with Crippen LogP contribution < -0.4 is 10.0 Å². The van der Waals surface area contributed by atoms with Gasteiger partial charge in [0, 0.05) is 20.1 Å². The highest BCUT2D eigenvalue weighted by atomic mass is 31.1. The minimum absolute atomic E-state index is 0.00520. The monoisotopic (exact) mass is 396 g/mol. The molecule has 3 unspecified atom stereocenters. The summed E-state index contributed by atoms with van der Waals surface area (Å²) < 4.78 is 43.5. The number of halogens is 3. The molecule has 2 aromatic rings. The molecule has 0 bridgehead atoms. The number of ether oxygens (including phenoxy) is 1. The fourth-order valence-corrected chi connectivity index (χ4v) is 3.46. The van der Waals surface area contributed by atoms with Crippen LogP contribution in [0.3, 0.4) is 0 Å². The number of hydrogen-bond donors (Lipinski definition) is 0. The third-order valence-electron chi connectivity index (χ3n) is 4.25. The number of carbonyl (C=O) groups excluding carboxylic acids is 1. The van der Waals surface area contributed by atoms with Gasteiger partial charge in [-0.15, -0.1) is 0 Å². The van der Waals surface area contributed by atoms with Crippen LogP contribution in [0.5, 0.6) is 5.75 Å². The molecule has 3 atom stereocenters. The van der Waals surface area contributed by atoms with Crippen molar-refractivity contribution in [3.8, 4) is 5.75 Å². The molecule has 0 N–H and O–H groups in total. The van der Waals surface area contributed by atoms with E-state index in [4.69, 9.17) is 4.74 Å². The number of rotatable bonds is 9. The Bertz CT molecular complexity index is 714. The topological polar surface area (TPSA) is 26.3 Å². The number of carbonyl (C=O) groups is 1. The summed E-state index contributed by atoms with van der Waals surface area (Å²) in [7, 11) is -1.25. The van der Waals surface area contributed by atoms with E-state index in [9.17, 15) is 18.0 Å². The van der Waals surface area contributed by atoms with Crippen LogP contribution in [0, 0.1) is 5.92 Å². The Morgan fingerprint density at radius 3 is 2.26 bits per heavy atom. The summed E-state index contributed by atoms with van der Waals surface area (Å²) in [6, 6.07) is 14.8. The summed E-state index contributed by atoms with van der Waals surface area (Å²) in [5, 5.41) is 0.194. The Morgan fingerprint density at radius 2 is 1.70 bits per heavy atom. The number of benzene rings is 2. The zero-order chi connectivity index (χ0) is 19.9. The Hall–Kier alpha value is -1.87. The van der Waals surface area contributed by atoms with Gasteiger partial charge in [0.1, 0.15) is 5.75 Å². The van der Waals surface area contributed by atoms with E-state index < -0.39 is 20.6 Å². The largest absolute Gasteiger partial charge is 0.482 e. The predicted molar refractivity (Wildman–Crippen MR) is 104 cm³/mol. The van der Waals surface area contributed by atoms with Crippen LogP contribution in [0.25, 0.3) is 0 Å². The molecule has 0 fully saturated rings. The maximum absolute atomic E-state index is 12.9. The smallest absolute Gasteiger partial charge is 0.406 e. The minimum atomic E-state index is -4.22. The van der Waals surface area contributed by atoms with Crippen molar-refractivity contribution in [2.45, 2.75) is 45.1 Å². The molecule has 2 aromatic carbocycles. The van der Waals surface area contributed by atoms with Gasteiger partial charge in [-0.3, -0.25) is 4.79 Å². The molecule has 0 aliphatic carbocycles. The number of unbranched alkanes of at least 4 members (excludes halogenated alkanes) is 1. The van der Waals surface area contributed by atoms with E-state index in [0.29, 0.717) is 11.3 Å². The maximum atomic E-state index is 12.9. The van der Waals surface area contributed by atoms with Crippen LogP contribution in [0.15, 0.2) is 54.6 Å². The third kappa shape index (κ3) is 6.99. The average Bonchev–Trinajstić information content (AvgIpc) is 2.64. The van der Waals surface area contributed by atoms with Crippen molar-refractivity contribution in [3.63, 3.8) is 0 Å². The molecular weight excluding hydrogens is 372 g/mol. The van der Waals surface area contributed by atoms with Crippen LogP contribution >= 0.6 is 8.58 Å². The van der Waals surface area contributed by atoms with Crippen LogP contribution in [-0.2, 0) is 0 Å². The van der Waals surface area contributed by atoms with Crippen LogP contribution in [-0.4, -0.2) is 17.8 Å². The highest BCUT2D eigenvalue weighted by molar-refractivity contribution is 7.48. The highest BCUT2D eigenvalue weighted by Gasteiger charge is 2.29. The molecule has 6 heteroatoms. The van der Waals surface area contributed by atoms with E-state index >= 15 is 0 Å². The van der Waals surface area contributed by atoms with Crippen molar-refractivity contribution in [1.82, 2.24) is 0 Å². The second-order valence-electron chi connectivity index (χ2n) is 6.54. The van der Waals surface area contributed by atoms with Crippen molar-refractivity contribution in [1.29, 1.82) is 0 Å². The molecule has 146 valence electrons. The van der Waals surface area contributed by atoms with Crippen molar-refractivity contribution < 1.29 is 22.7 Å². The molecule has 0 saturated heterocycles. The van der Waals surface area contributed by atoms with Crippen LogP contribution in [0.4, 0.5) is 13.2 Å². The first-order valence-electron chi connectivity index (χ1n) is 9.01. The lowest BCUT2D eigenvalue weighted by molar-refractivity contribution is -0.0359. The van der Waals surface area contributed by atoms with Crippen molar-refractivity contribution in [3.05, 3.63) is 60.2 Å². The summed E-state index contributed by atoms with van der Waals surface area (Å²) in [6.07, 6.45) is 2.17. The van der Waals surface area contributed by atoms with Gasteiger partial charge in [-0.1, -0.05) is 69.2 Å². The summed E-state index contributed by atoms with van der Waals surface area (Å²) >= 11 is 0. The molecule has 0 spiro atoms. The molecule has 0 heterocycles. The minimum Gasteiger partial charge on any atom is -0.482 e. The fourth-order valence-electron chi connectivity index (χ4n) is 2.80. The van der Waals surface area contributed by atoms with Gasteiger partial charge in [-0.2, -0.15) is 13.2 Å². The third-order valence-corrected chi connectivity index (χ3v) is 5.16. The van der Waals surface area contributed by atoms with Gasteiger partial charge in [0.2, 0.25) is 5.78 Å². The summed E-state index contributed by atoms with van der Waals surface area (Å²) in [6.45, 7) is 4.06. The number of hydrogen-bond acceptors (Lipinski definition) is 2. The number of Topliss-reactive ketones (excluding diaryl/α,β-unsaturated/α-hetero) is 1. The number of ketones is 1. The van der Waals surface area contributed by atoms with Crippen LogP contribution in [0.1, 0.15) is 43.5 Å². The Labute approximate surface area is 159 Å². The fraction of sp³-hybridized carbons (Fsp3) is 0.381. The van der Waals surface area contributed by atoms with E-state index in [-0.39, 0.29) is 17.0 Å². The van der Waals surface area contributed by atoms with E-state index in [1.807, 2.05) is 13.0 Å². The van der Waals surface area contributed by atoms with Crippen molar-refractivity contribution in [2.24, 2.45) is 5.92 Å². The van der Waals surface area contributed by atoms with Gasteiger partial charge in [0.05, 0.1) is 0 Å². The lowest BCUT2D eigenvalue weighted by atomic mass is 9.92. The first-order valence-corrected chi connectivity index (χ1v) is 10.0. The molecule has 27 heavy (non-hydrogen) atoms. The number of alkyl halides is 3. The normalized spacial score (nSPS) is 14.3. The molecular formula is C21H24F3O2P. The average molecular weight is 396 g/mol. The standard InChI is InChI=1S/C21H24F3O2P/c1-3-4-8-15(2)20(19(25)16-9-6-5-7-10-16)26-17-11-13-18(14-12-17)27-21(22,23)24/h5-7,9-15,20,27H,3-4,8H2,1-2H3. The molecule has 0 amide bonds. The van der Waals surface area contributed by atoms with Gasteiger partial charge >= 0.3 is 5.92 Å². The first-order chi connectivity index (χ1) is 12.8. The van der Waals surface area contributed by atoms with Gasteiger partial charge in [-0.05, 0) is 23.9 Å². The Balaban J connectivity index is 2.17. The molecule has 0 aliphatic heterocycles. The van der Waals surface area contributed by atoms with Crippen molar-refractivity contribution >= 4 is 19.7 Å². The molecule has 0 radical (unpaired) electrons. The van der Waals surface area contributed by atoms with E-state index in [1.165, 1.54) is 24.3 Å². The summed E-state index contributed by atoms with van der Waals surface area (Å²) in [4.78, 5) is 12.9. The van der Waals surface area contributed by atoms with Gasteiger partial charge in [0.15, 0.2) is 6.10 Å². The molecule has 0 aromatic heterocycles. The molecule has 0 saturated carbocycles. The lowest BCUT2D eigenvalue weighted by Crippen LogP contribution is -2.34. The Kier molecular flexibility index (Phi) is 7.85. The lowest BCUT2D eigenvalue weighted by Gasteiger charge is -2.24. The van der Waals surface area contributed by atoms with E-state index in [2.05, 4.69) is 6.92 Å².